The number of pyridine rings is 2. The van der Waals surface area contributed by atoms with Gasteiger partial charge < -0.3 is 20.0 Å². The Morgan fingerprint density at radius 2 is 1.70 bits per heavy atom. The molecule has 0 aliphatic carbocycles. The molecular weight excluding hydrogens is 374 g/mol. The molecule has 0 spiro atoms. The van der Waals surface area contributed by atoms with Crippen LogP contribution < -0.4 is 15.1 Å². The van der Waals surface area contributed by atoms with Crippen LogP contribution in [0.1, 0.15) is 25.3 Å². The first-order valence-electron chi connectivity index (χ1n) is 11.0. The van der Waals surface area contributed by atoms with Crippen LogP contribution in [0.25, 0.3) is 0 Å². The molecule has 2 aromatic heterocycles. The molecule has 2 fully saturated rings. The lowest BCUT2D eigenvalue weighted by Gasteiger charge is -2.37. The summed E-state index contributed by atoms with van der Waals surface area (Å²) in [6.07, 6.45) is 6.36. The molecule has 7 heteroatoms. The maximum atomic E-state index is 4.71. The van der Waals surface area contributed by atoms with E-state index in [1.165, 1.54) is 18.4 Å². The first-order chi connectivity index (χ1) is 14.7. The Hall–Kier alpha value is -2.83. The number of hydrogen-bond donors (Lipinski definition) is 1. The molecule has 160 valence electrons. The predicted octanol–water partition coefficient (Wildman–Crippen LogP) is 2.61. The van der Waals surface area contributed by atoms with E-state index in [-0.39, 0.29) is 0 Å². The van der Waals surface area contributed by atoms with Gasteiger partial charge in [0.1, 0.15) is 11.6 Å². The molecule has 0 aromatic carbocycles. The first-order valence-corrected chi connectivity index (χ1v) is 11.0. The molecule has 1 N–H and O–H groups in total. The maximum Gasteiger partial charge on any atom is 0.194 e. The molecule has 0 unspecified atom stereocenters. The van der Waals surface area contributed by atoms with Gasteiger partial charge in [-0.1, -0.05) is 19.1 Å². The van der Waals surface area contributed by atoms with Crippen molar-refractivity contribution in [1.82, 2.24) is 20.2 Å². The van der Waals surface area contributed by atoms with E-state index in [1.807, 2.05) is 31.6 Å². The maximum absolute atomic E-state index is 4.71. The monoisotopic (exact) mass is 407 g/mol. The van der Waals surface area contributed by atoms with Gasteiger partial charge in [0.2, 0.25) is 0 Å². The molecule has 7 nitrogen and oxygen atoms in total. The molecule has 30 heavy (non-hydrogen) atoms. The summed E-state index contributed by atoms with van der Waals surface area (Å²) in [6.45, 7) is 9.06. The van der Waals surface area contributed by atoms with Crippen LogP contribution in [-0.2, 0) is 6.54 Å². The average Bonchev–Trinajstić information content (AvgIpc) is 2.81. The van der Waals surface area contributed by atoms with Crippen LogP contribution >= 0.6 is 0 Å². The topological polar surface area (TPSA) is 59.9 Å². The zero-order chi connectivity index (χ0) is 20.8. The standard InChI is InChI=1S/C23H33N7/c1-19-8-11-28(12-9-19)22-7-6-20(17-26-22)18-27-23(24-2)30-15-13-29(14-16-30)21-5-3-4-10-25-21/h3-7,10,17,19H,8-9,11-16,18H2,1-2H3,(H,24,27). The zero-order valence-electron chi connectivity index (χ0n) is 18.2. The zero-order valence-corrected chi connectivity index (χ0v) is 18.2. The third-order valence-electron chi connectivity index (χ3n) is 6.13. The van der Waals surface area contributed by atoms with Gasteiger partial charge in [-0.05, 0) is 42.5 Å². The Balaban J connectivity index is 1.27. The summed E-state index contributed by atoms with van der Waals surface area (Å²) >= 11 is 0. The number of aromatic nitrogens is 2. The second-order valence-electron chi connectivity index (χ2n) is 8.26. The minimum Gasteiger partial charge on any atom is -0.357 e. The molecule has 4 heterocycles. The molecule has 0 atom stereocenters. The molecule has 2 aliphatic heterocycles. The summed E-state index contributed by atoms with van der Waals surface area (Å²) in [5.41, 5.74) is 1.18. The SMILES string of the molecule is CN=C(NCc1ccc(N2CCC(C)CC2)nc1)N1CCN(c2ccccn2)CC1. The van der Waals surface area contributed by atoms with Crippen LogP contribution in [0.3, 0.4) is 0 Å². The second-order valence-corrected chi connectivity index (χ2v) is 8.26. The van der Waals surface area contributed by atoms with Gasteiger partial charge in [-0.2, -0.15) is 0 Å². The quantitative estimate of drug-likeness (QED) is 0.621. The Morgan fingerprint density at radius 3 is 2.33 bits per heavy atom. The fourth-order valence-corrected chi connectivity index (χ4v) is 4.15. The number of rotatable bonds is 4. The minimum absolute atomic E-state index is 0.734. The lowest BCUT2D eigenvalue weighted by Crippen LogP contribution is -2.52. The number of nitrogens with zero attached hydrogens (tertiary/aromatic N) is 6. The second kappa shape index (κ2) is 9.78. The van der Waals surface area contributed by atoms with E-state index in [2.05, 4.69) is 55.1 Å². The number of aliphatic imine (C=N–C) groups is 1. The highest BCUT2D eigenvalue weighted by Gasteiger charge is 2.20. The van der Waals surface area contributed by atoms with E-state index in [1.54, 1.807) is 0 Å². The molecule has 4 rings (SSSR count). The summed E-state index contributed by atoms with van der Waals surface area (Å²) in [5.74, 6) is 3.93. The smallest absolute Gasteiger partial charge is 0.194 e. The van der Waals surface area contributed by atoms with Crippen molar-refractivity contribution in [2.75, 3.05) is 56.1 Å². The Bertz CT molecular complexity index is 805. The Labute approximate surface area is 179 Å². The van der Waals surface area contributed by atoms with Crippen LogP contribution in [0.15, 0.2) is 47.7 Å². The van der Waals surface area contributed by atoms with Gasteiger partial charge in [0.25, 0.3) is 0 Å². The van der Waals surface area contributed by atoms with E-state index in [0.717, 1.165) is 69.3 Å². The van der Waals surface area contributed by atoms with Gasteiger partial charge in [0.15, 0.2) is 5.96 Å². The van der Waals surface area contributed by atoms with Crippen molar-refractivity contribution in [2.45, 2.75) is 26.3 Å². The number of nitrogens with one attached hydrogen (secondary N) is 1. The molecule has 2 aliphatic rings. The largest absolute Gasteiger partial charge is 0.357 e. The van der Waals surface area contributed by atoms with E-state index < -0.39 is 0 Å². The van der Waals surface area contributed by atoms with Crippen molar-refractivity contribution >= 4 is 17.6 Å². The highest BCUT2D eigenvalue weighted by molar-refractivity contribution is 5.80. The van der Waals surface area contributed by atoms with Crippen molar-refractivity contribution in [2.24, 2.45) is 10.9 Å². The predicted molar refractivity (Wildman–Crippen MR) is 123 cm³/mol. The number of hydrogen-bond acceptors (Lipinski definition) is 5. The van der Waals surface area contributed by atoms with Crippen molar-refractivity contribution in [3.63, 3.8) is 0 Å². The highest BCUT2D eigenvalue weighted by Crippen LogP contribution is 2.21. The Morgan fingerprint density at radius 1 is 0.967 bits per heavy atom. The number of piperazine rings is 1. The van der Waals surface area contributed by atoms with Gasteiger partial charge in [-0.25, -0.2) is 9.97 Å². The summed E-state index contributed by atoms with van der Waals surface area (Å²) in [5, 5.41) is 3.50. The van der Waals surface area contributed by atoms with Crippen LogP contribution in [-0.4, -0.2) is 67.1 Å². The minimum atomic E-state index is 0.734. The Kier molecular flexibility index (Phi) is 6.67. The fraction of sp³-hybridized carbons (Fsp3) is 0.522. The van der Waals surface area contributed by atoms with Crippen LogP contribution in [0.5, 0.6) is 0 Å². The molecule has 0 saturated carbocycles. The molecule has 2 aromatic rings. The number of anilines is 2. The number of guanidine groups is 1. The summed E-state index contributed by atoms with van der Waals surface area (Å²) in [4.78, 5) is 20.7. The molecule has 0 amide bonds. The third-order valence-corrected chi connectivity index (χ3v) is 6.13. The molecule has 0 bridgehead atoms. The van der Waals surface area contributed by atoms with E-state index in [0.29, 0.717) is 0 Å². The lowest BCUT2D eigenvalue weighted by molar-refractivity contribution is 0.371. The van der Waals surface area contributed by atoms with Gasteiger partial charge in [-0.3, -0.25) is 4.99 Å². The van der Waals surface area contributed by atoms with Gasteiger partial charge in [-0.15, -0.1) is 0 Å². The van der Waals surface area contributed by atoms with Gasteiger partial charge >= 0.3 is 0 Å². The van der Waals surface area contributed by atoms with E-state index in [4.69, 9.17) is 4.98 Å². The molecular formula is C23H33N7. The highest BCUT2D eigenvalue weighted by atomic mass is 15.4. The summed E-state index contributed by atoms with van der Waals surface area (Å²) < 4.78 is 0. The van der Waals surface area contributed by atoms with Crippen LogP contribution in [0, 0.1) is 5.92 Å². The summed E-state index contributed by atoms with van der Waals surface area (Å²) in [6, 6.07) is 10.4. The summed E-state index contributed by atoms with van der Waals surface area (Å²) in [7, 11) is 1.85. The normalized spacial score (nSPS) is 18.6. The van der Waals surface area contributed by atoms with E-state index in [9.17, 15) is 0 Å². The van der Waals surface area contributed by atoms with Gasteiger partial charge in [0.05, 0.1) is 0 Å². The average molecular weight is 408 g/mol. The fourth-order valence-electron chi connectivity index (χ4n) is 4.15. The van der Waals surface area contributed by atoms with Crippen molar-refractivity contribution in [3.05, 3.63) is 48.3 Å². The van der Waals surface area contributed by atoms with Crippen molar-refractivity contribution in [1.29, 1.82) is 0 Å². The van der Waals surface area contributed by atoms with Crippen LogP contribution in [0.4, 0.5) is 11.6 Å². The molecule has 2 saturated heterocycles. The number of piperidine rings is 1. The third kappa shape index (κ3) is 5.01. The van der Waals surface area contributed by atoms with Crippen molar-refractivity contribution in [3.8, 4) is 0 Å². The molecule has 0 radical (unpaired) electrons. The lowest BCUT2D eigenvalue weighted by atomic mass is 9.99. The van der Waals surface area contributed by atoms with Gasteiger partial charge in [0, 0.05) is 65.3 Å². The van der Waals surface area contributed by atoms with Crippen molar-refractivity contribution < 1.29 is 0 Å². The van der Waals surface area contributed by atoms with E-state index >= 15 is 0 Å². The first kappa shape index (κ1) is 20.4. The van der Waals surface area contributed by atoms with Crippen LogP contribution in [0.2, 0.25) is 0 Å².